The van der Waals surface area contributed by atoms with Gasteiger partial charge in [0, 0.05) is 5.39 Å². The number of carbonyl (C=O) groups is 1. The predicted molar refractivity (Wildman–Crippen MR) is 68.6 cm³/mol. The van der Waals surface area contributed by atoms with Crippen LogP contribution in [-0.2, 0) is 4.74 Å². The van der Waals surface area contributed by atoms with Crippen LogP contribution >= 0.6 is 0 Å². The number of nitrogens with one attached hydrogen (secondary N) is 1. The molecule has 0 aliphatic rings. The molecule has 20 heavy (non-hydrogen) atoms. The number of ether oxygens (including phenoxy) is 1. The number of carbonyl (C=O) groups excluding carboxylic acids is 1. The number of hydrogen-bond acceptors (Lipinski definition) is 5. The summed E-state index contributed by atoms with van der Waals surface area (Å²) in [5.74, 6) is -0.204. The zero-order valence-corrected chi connectivity index (χ0v) is 10.4. The van der Waals surface area contributed by atoms with Crippen LogP contribution in [0.4, 0.5) is 5.82 Å². The Morgan fingerprint density at radius 2 is 2.35 bits per heavy atom. The van der Waals surface area contributed by atoms with E-state index >= 15 is 0 Å². The van der Waals surface area contributed by atoms with Crippen LogP contribution in [0.15, 0.2) is 24.4 Å². The molecule has 0 radical (unpaired) electrons. The molecular formula is C12H8N6O2. The topological polar surface area (TPSA) is 90.1 Å². The molecule has 1 aromatic carbocycles. The Hall–Kier alpha value is -3.21. The SMILES string of the molecule is [C-]#[N+]c1[nH]nc2ccc(-n3ncc(C(=O)OC)n3)cc12. The number of rotatable bonds is 2. The fourth-order valence-electron chi connectivity index (χ4n) is 1.78. The quantitative estimate of drug-likeness (QED) is 0.561. The average Bonchev–Trinajstić information content (AvgIpc) is 3.12. The monoisotopic (exact) mass is 268 g/mol. The molecule has 3 rings (SSSR count). The number of aromatic nitrogens is 5. The van der Waals surface area contributed by atoms with Crippen LogP contribution in [0.1, 0.15) is 10.5 Å². The van der Waals surface area contributed by atoms with Crippen molar-refractivity contribution in [3.8, 4) is 5.69 Å². The number of fused-ring (bicyclic) bond motifs is 1. The molecule has 98 valence electrons. The Balaban J connectivity index is 2.08. The van der Waals surface area contributed by atoms with E-state index in [1.807, 2.05) is 0 Å². The first-order chi connectivity index (χ1) is 9.72. The molecule has 0 aliphatic heterocycles. The molecule has 0 amide bonds. The van der Waals surface area contributed by atoms with Crippen molar-refractivity contribution in [3.63, 3.8) is 0 Å². The van der Waals surface area contributed by atoms with Gasteiger partial charge in [0.2, 0.25) is 0 Å². The molecule has 8 nitrogen and oxygen atoms in total. The number of hydrogen-bond donors (Lipinski definition) is 1. The molecule has 0 atom stereocenters. The highest BCUT2D eigenvalue weighted by atomic mass is 16.5. The number of aromatic amines is 1. The van der Waals surface area contributed by atoms with Gasteiger partial charge >= 0.3 is 5.97 Å². The molecule has 2 aromatic heterocycles. The lowest BCUT2D eigenvalue weighted by atomic mass is 10.2. The molecule has 0 saturated carbocycles. The van der Waals surface area contributed by atoms with Gasteiger partial charge in [0.15, 0.2) is 5.69 Å². The van der Waals surface area contributed by atoms with Gasteiger partial charge in [-0.3, -0.25) is 0 Å². The molecule has 0 bridgehead atoms. The summed E-state index contributed by atoms with van der Waals surface area (Å²) in [6.45, 7) is 7.06. The predicted octanol–water partition coefficient (Wildman–Crippen LogP) is 1.48. The van der Waals surface area contributed by atoms with Crippen molar-refractivity contribution in [2.75, 3.05) is 7.11 Å². The maximum absolute atomic E-state index is 11.3. The number of H-pyrrole nitrogens is 1. The second-order valence-corrected chi connectivity index (χ2v) is 3.90. The van der Waals surface area contributed by atoms with Gasteiger partial charge < -0.3 is 9.58 Å². The van der Waals surface area contributed by atoms with E-state index in [0.29, 0.717) is 22.4 Å². The van der Waals surface area contributed by atoms with Crippen LogP contribution in [0.2, 0.25) is 0 Å². The fourth-order valence-corrected chi connectivity index (χ4v) is 1.78. The Kier molecular flexibility index (Phi) is 2.65. The Morgan fingerprint density at radius 1 is 1.50 bits per heavy atom. The first kappa shape index (κ1) is 11.9. The van der Waals surface area contributed by atoms with Crippen LogP contribution in [0, 0.1) is 6.57 Å². The molecule has 2 heterocycles. The van der Waals surface area contributed by atoms with Crippen molar-refractivity contribution >= 4 is 22.7 Å². The Morgan fingerprint density at radius 3 is 3.10 bits per heavy atom. The third-order valence-electron chi connectivity index (χ3n) is 2.75. The van der Waals surface area contributed by atoms with Gasteiger partial charge in [0.1, 0.15) is 5.52 Å². The van der Waals surface area contributed by atoms with E-state index in [-0.39, 0.29) is 5.69 Å². The maximum atomic E-state index is 11.3. The van der Waals surface area contributed by atoms with Gasteiger partial charge in [-0.1, -0.05) is 6.57 Å². The minimum atomic E-state index is -0.553. The highest BCUT2D eigenvalue weighted by Gasteiger charge is 2.12. The normalized spacial score (nSPS) is 10.4. The average molecular weight is 268 g/mol. The van der Waals surface area contributed by atoms with Crippen LogP contribution in [0.3, 0.4) is 0 Å². The molecule has 0 unspecified atom stereocenters. The van der Waals surface area contributed by atoms with E-state index < -0.39 is 5.97 Å². The lowest BCUT2D eigenvalue weighted by Crippen LogP contribution is -2.04. The lowest BCUT2D eigenvalue weighted by molar-refractivity contribution is 0.0593. The molecular weight excluding hydrogens is 260 g/mol. The van der Waals surface area contributed by atoms with Gasteiger partial charge in [-0.15, -0.1) is 10.2 Å². The minimum absolute atomic E-state index is 0.116. The van der Waals surface area contributed by atoms with Crippen LogP contribution in [0.25, 0.3) is 21.4 Å². The number of esters is 1. The van der Waals surface area contributed by atoms with E-state index in [1.54, 1.807) is 18.2 Å². The van der Waals surface area contributed by atoms with E-state index in [0.717, 1.165) is 0 Å². The van der Waals surface area contributed by atoms with Crippen molar-refractivity contribution < 1.29 is 9.53 Å². The van der Waals surface area contributed by atoms with Crippen molar-refractivity contribution in [2.24, 2.45) is 0 Å². The highest BCUT2D eigenvalue weighted by Crippen LogP contribution is 2.24. The summed E-state index contributed by atoms with van der Waals surface area (Å²) in [5.41, 5.74) is 1.42. The first-order valence-corrected chi connectivity index (χ1v) is 5.59. The van der Waals surface area contributed by atoms with Crippen LogP contribution in [0.5, 0.6) is 0 Å². The second kappa shape index (κ2) is 4.47. The van der Waals surface area contributed by atoms with E-state index in [9.17, 15) is 4.79 Å². The van der Waals surface area contributed by atoms with Crippen molar-refractivity contribution in [2.45, 2.75) is 0 Å². The molecule has 3 aromatic rings. The summed E-state index contributed by atoms with van der Waals surface area (Å²) < 4.78 is 4.57. The van der Waals surface area contributed by atoms with E-state index in [2.05, 4.69) is 30.0 Å². The molecule has 0 saturated heterocycles. The van der Waals surface area contributed by atoms with Gasteiger partial charge in [0.05, 0.1) is 19.0 Å². The highest BCUT2D eigenvalue weighted by molar-refractivity contribution is 5.91. The molecule has 8 heteroatoms. The summed E-state index contributed by atoms with van der Waals surface area (Å²) in [5, 5.41) is 15.3. The summed E-state index contributed by atoms with van der Waals surface area (Å²) >= 11 is 0. The van der Waals surface area contributed by atoms with Gasteiger partial charge in [-0.2, -0.15) is 9.90 Å². The maximum Gasteiger partial charge on any atom is 0.360 e. The van der Waals surface area contributed by atoms with Crippen molar-refractivity contribution in [1.82, 2.24) is 25.2 Å². The van der Waals surface area contributed by atoms with E-state index in [1.165, 1.54) is 18.1 Å². The van der Waals surface area contributed by atoms with Gasteiger partial charge in [-0.25, -0.2) is 9.89 Å². The summed E-state index contributed by atoms with van der Waals surface area (Å²) in [6.07, 6.45) is 1.32. The smallest absolute Gasteiger partial charge is 0.360 e. The van der Waals surface area contributed by atoms with Gasteiger partial charge in [0.25, 0.3) is 5.82 Å². The zero-order chi connectivity index (χ0) is 14.1. The molecule has 0 aliphatic carbocycles. The second-order valence-electron chi connectivity index (χ2n) is 3.90. The summed E-state index contributed by atoms with van der Waals surface area (Å²) in [7, 11) is 1.28. The number of benzene rings is 1. The standard InChI is InChI=1S/C12H8N6O2/c1-13-11-8-5-7(3-4-9(8)15-16-11)18-14-6-10(17-18)12(19)20-2/h3-6H,2H3,(H,15,16). The third-order valence-corrected chi connectivity index (χ3v) is 2.75. The minimum Gasteiger partial charge on any atom is -0.464 e. The number of methoxy groups -OCH3 is 1. The first-order valence-electron chi connectivity index (χ1n) is 5.59. The Labute approximate surface area is 112 Å². The molecule has 0 spiro atoms. The Bertz CT molecular complexity index is 841. The fraction of sp³-hybridized carbons (Fsp3) is 0.0833. The van der Waals surface area contributed by atoms with Crippen molar-refractivity contribution in [3.05, 3.63) is 41.5 Å². The zero-order valence-electron chi connectivity index (χ0n) is 10.4. The van der Waals surface area contributed by atoms with Crippen LogP contribution in [-0.4, -0.2) is 38.3 Å². The summed E-state index contributed by atoms with van der Waals surface area (Å²) in [4.78, 5) is 16.0. The third kappa shape index (κ3) is 1.78. The molecule has 1 N–H and O–H groups in total. The largest absolute Gasteiger partial charge is 0.464 e. The van der Waals surface area contributed by atoms with Crippen molar-refractivity contribution in [1.29, 1.82) is 0 Å². The van der Waals surface area contributed by atoms with Gasteiger partial charge in [-0.05, 0) is 18.2 Å². The number of nitrogens with zero attached hydrogens (tertiary/aromatic N) is 5. The lowest BCUT2D eigenvalue weighted by Gasteiger charge is -1.99. The van der Waals surface area contributed by atoms with E-state index in [4.69, 9.17) is 6.57 Å². The summed E-state index contributed by atoms with van der Waals surface area (Å²) in [6, 6.07) is 5.22. The van der Waals surface area contributed by atoms with Crippen LogP contribution < -0.4 is 0 Å². The molecule has 0 fully saturated rings.